The highest BCUT2D eigenvalue weighted by molar-refractivity contribution is 7.11. The molecule has 1 aromatic rings. The summed E-state index contributed by atoms with van der Waals surface area (Å²) >= 11 is 17.4. The maximum Gasteiger partial charge on any atom is 0.433 e. The molecule has 4 nitrogen and oxygen atoms in total. The molecule has 0 spiro atoms. The minimum Gasteiger partial charge on any atom is -0.497 e. The van der Waals surface area contributed by atoms with Crippen molar-refractivity contribution in [2.75, 3.05) is 13.1 Å². The summed E-state index contributed by atoms with van der Waals surface area (Å²) in [7, 11) is 0. The molecular formula is C10H11Cl3NO3S+. The first-order valence-corrected chi connectivity index (χ1v) is 7.37. The number of rotatable bonds is 1. The molecule has 0 saturated carbocycles. The predicted octanol–water partition coefficient (Wildman–Crippen LogP) is 2.56. The van der Waals surface area contributed by atoms with E-state index in [1.807, 2.05) is 4.58 Å². The van der Waals surface area contributed by atoms with Gasteiger partial charge in [0, 0.05) is 24.2 Å². The first kappa shape index (κ1) is 14.2. The van der Waals surface area contributed by atoms with E-state index < -0.39 is 9.58 Å². The Morgan fingerprint density at radius 1 is 1.28 bits per heavy atom. The van der Waals surface area contributed by atoms with Gasteiger partial charge in [0.05, 0.1) is 0 Å². The van der Waals surface area contributed by atoms with Crippen LogP contribution < -0.4 is 9.44 Å². The average molecular weight is 332 g/mol. The van der Waals surface area contributed by atoms with E-state index in [2.05, 4.69) is 0 Å². The number of carbonyl (C=O) groups excluding carboxylic acids is 1. The molecular weight excluding hydrogens is 321 g/mol. The lowest BCUT2D eigenvalue weighted by atomic mass is 10.2. The Kier molecular flexibility index (Phi) is 4.26. The van der Waals surface area contributed by atoms with Gasteiger partial charge in [-0.15, -0.1) is 0 Å². The van der Waals surface area contributed by atoms with Gasteiger partial charge in [-0.2, -0.15) is 4.58 Å². The summed E-state index contributed by atoms with van der Waals surface area (Å²) < 4.78 is 5.19. The Labute approximate surface area is 122 Å². The molecule has 0 aliphatic carbocycles. The minimum absolute atomic E-state index is 0.258. The molecule has 18 heavy (non-hydrogen) atoms. The van der Waals surface area contributed by atoms with Gasteiger partial charge in [0.15, 0.2) is 0 Å². The lowest BCUT2D eigenvalue weighted by molar-refractivity contribution is 0.0962. The zero-order chi connectivity index (χ0) is 13.3. The number of Topliss-reactive ketones (excluding diaryl/α,β-unsaturated/α-hetero) is 1. The topological polar surface area (TPSA) is 53.5 Å². The summed E-state index contributed by atoms with van der Waals surface area (Å²) in [5.74, 6) is -1.15. The Hall–Kier alpha value is -0.230. The fraction of sp³-hybridized carbons (Fsp3) is 0.600. The number of hydrogen-bond donors (Lipinski definition) is 1. The van der Waals surface area contributed by atoms with Gasteiger partial charge in [-0.1, -0.05) is 34.8 Å². The van der Waals surface area contributed by atoms with Crippen LogP contribution in [-0.4, -0.2) is 27.8 Å². The molecule has 2 rings (SSSR count). The molecule has 0 atom stereocenters. The van der Waals surface area contributed by atoms with Gasteiger partial charge >= 0.3 is 4.87 Å². The van der Waals surface area contributed by atoms with Crippen molar-refractivity contribution in [1.29, 1.82) is 0 Å². The maximum atomic E-state index is 11.7. The lowest BCUT2D eigenvalue weighted by Crippen LogP contribution is -2.32. The van der Waals surface area contributed by atoms with E-state index in [1.165, 1.54) is 6.42 Å². The highest BCUT2D eigenvalue weighted by Crippen LogP contribution is 2.34. The number of halogens is 3. The van der Waals surface area contributed by atoms with Crippen LogP contribution in [0, 0.1) is 0 Å². The fourth-order valence-corrected chi connectivity index (χ4v) is 2.85. The molecule has 1 aliphatic rings. The zero-order valence-corrected chi connectivity index (χ0v) is 12.4. The molecule has 8 heteroatoms. The number of piperidine rings is 1. The second-order valence-corrected chi connectivity index (χ2v) is 7.20. The van der Waals surface area contributed by atoms with Crippen molar-refractivity contribution in [2.24, 2.45) is 0 Å². The summed E-state index contributed by atoms with van der Waals surface area (Å²) in [5, 5.41) is 9.44. The van der Waals surface area contributed by atoms with Crippen LogP contribution in [0.4, 0.5) is 0 Å². The van der Waals surface area contributed by atoms with E-state index in [4.69, 9.17) is 39.2 Å². The Bertz CT molecular complexity index is 521. The van der Waals surface area contributed by atoms with E-state index in [1.54, 1.807) is 0 Å². The molecule has 0 unspecified atom stereocenters. The molecule has 1 aromatic heterocycles. The van der Waals surface area contributed by atoms with Crippen LogP contribution in [0.2, 0.25) is 0 Å². The lowest BCUT2D eigenvalue weighted by Gasteiger charge is -2.07. The van der Waals surface area contributed by atoms with Crippen LogP contribution in [0.15, 0.2) is 4.42 Å². The molecule has 2 heterocycles. The minimum atomic E-state index is -2.12. The first-order chi connectivity index (χ1) is 8.39. The Balaban J connectivity index is 2.41. The monoisotopic (exact) mass is 330 g/mol. The number of alkyl halides is 3. The summed E-state index contributed by atoms with van der Waals surface area (Å²) in [6, 6.07) is 0. The van der Waals surface area contributed by atoms with Gasteiger partial charge < -0.3 is 9.52 Å². The van der Waals surface area contributed by atoms with Crippen LogP contribution in [0.1, 0.15) is 29.8 Å². The van der Waals surface area contributed by atoms with Crippen molar-refractivity contribution in [1.82, 2.24) is 4.58 Å². The van der Waals surface area contributed by atoms with Gasteiger partial charge in [0.2, 0.25) is 10.8 Å². The molecule has 100 valence electrons. The summed E-state index contributed by atoms with van der Waals surface area (Å²) in [4.78, 5) is 12.2. The van der Waals surface area contributed by atoms with Crippen LogP contribution in [-0.2, 0) is 0 Å². The predicted molar refractivity (Wildman–Crippen MR) is 71.7 cm³/mol. The average Bonchev–Trinajstić information content (AvgIpc) is 2.70. The number of hydrogen-bond acceptors (Lipinski definition) is 4. The van der Waals surface area contributed by atoms with Crippen LogP contribution in [0.5, 0.6) is 5.06 Å². The maximum absolute atomic E-state index is 11.7. The normalized spacial score (nSPS) is 16.9. The van der Waals surface area contributed by atoms with E-state index >= 15 is 0 Å². The molecule has 0 radical (unpaired) electrons. The molecule has 1 saturated heterocycles. The zero-order valence-electron chi connectivity index (χ0n) is 9.29. The number of ketones is 1. The molecule has 0 bridgehead atoms. The van der Waals surface area contributed by atoms with E-state index in [0.29, 0.717) is 4.87 Å². The van der Waals surface area contributed by atoms with Crippen LogP contribution >= 0.6 is 46.1 Å². The molecule has 1 aliphatic heterocycles. The van der Waals surface area contributed by atoms with Gasteiger partial charge in [-0.25, -0.2) is 0 Å². The highest BCUT2D eigenvalue weighted by Gasteiger charge is 2.37. The smallest absolute Gasteiger partial charge is 0.433 e. The third-order valence-electron chi connectivity index (χ3n) is 2.65. The summed E-state index contributed by atoms with van der Waals surface area (Å²) in [6.07, 6.45) is 3.29. The largest absolute Gasteiger partial charge is 0.497 e. The van der Waals surface area contributed by atoms with E-state index in [9.17, 15) is 9.90 Å². The van der Waals surface area contributed by atoms with Crippen molar-refractivity contribution in [3.05, 3.63) is 10.6 Å². The fourth-order valence-electron chi connectivity index (χ4n) is 1.76. The van der Waals surface area contributed by atoms with Crippen molar-refractivity contribution in [3.8, 4) is 5.06 Å². The van der Waals surface area contributed by atoms with Crippen molar-refractivity contribution in [2.45, 2.75) is 23.1 Å². The van der Waals surface area contributed by atoms with E-state index in [-0.39, 0.29) is 10.8 Å². The third-order valence-corrected chi connectivity index (χ3v) is 4.06. The SMILES string of the molecule is O=C(c1oc(=[N+]2CCCCC2)sc1O)C(Cl)(Cl)Cl. The van der Waals surface area contributed by atoms with Gasteiger partial charge in [-0.3, -0.25) is 4.79 Å². The molecule has 0 aromatic carbocycles. The number of carbonyl (C=O) groups is 1. The van der Waals surface area contributed by atoms with Gasteiger partial charge in [0.1, 0.15) is 13.1 Å². The standard InChI is InChI=1S/C10H10Cl3NO3S/c11-10(12,13)7(15)6-8(16)18-9(17-6)14-4-2-1-3-5-14/h1-5H2/p+1. The second-order valence-electron chi connectivity index (χ2n) is 3.98. The highest BCUT2D eigenvalue weighted by atomic mass is 35.6. The third kappa shape index (κ3) is 3.02. The van der Waals surface area contributed by atoms with E-state index in [0.717, 1.165) is 37.3 Å². The Morgan fingerprint density at radius 2 is 1.89 bits per heavy atom. The summed E-state index contributed by atoms with van der Waals surface area (Å²) in [5.41, 5.74) is 0. The van der Waals surface area contributed by atoms with Crippen molar-refractivity contribution < 1.29 is 14.3 Å². The second kappa shape index (κ2) is 5.41. The first-order valence-electron chi connectivity index (χ1n) is 5.42. The number of aromatic hydroxyl groups is 1. The van der Waals surface area contributed by atoms with Gasteiger partial charge in [0.25, 0.3) is 9.58 Å². The van der Waals surface area contributed by atoms with Crippen LogP contribution in [0.3, 0.4) is 0 Å². The quantitative estimate of drug-likeness (QED) is 0.489. The number of nitrogens with zero attached hydrogens (tertiary/aromatic N) is 1. The summed E-state index contributed by atoms with van der Waals surface area (Å²) in [6.45, 7) is 1.68. The molecule has 1 N–H and O–H groups in total. The molecule has 0 amide bonds. The Morgan fingerprint density at radius 3 is 2.44 bits per heavy atom. The van der Waals surface area contributed by atoms with Crippen LogP contribution in [0.25, 0.3) is 0 Å². The van der Waals surface area contributed by atoms with Crippen molar-refractivity contribution >= 4 is 51.9 Å². The van der Waals surface area contributed by atoms with Gasteiger partial charge in [-0.05, 0) is 6.42 Å². The van der Waals surface area contributed by atoms with Crippen molar-refractivity contribution in [3.63, 3.8) is 0 Å². The molecule has 1 fully saturated rings.